The molecule has 4 aliphatic carbocycles. The van der Waals surface area contributed by atoms with Crippen LogP contribution in [0.2, 0.25) is 7.25 Å². The standard InChI is InChI=1S/2C8H9.2FH.Zr/c2*1-3-7-5-2-6-8(7)4-1;;;/h2*1,3-5,8H,2,6H2;2*1H;/q;;;;+2/p-2. The third-order valence-corrected chi connectivity index (χ3v) is 9.90. The van der Waals surface area contributed by atoms with Gasteiger partial charge in [-0.05, 0) is 0 Å². The van der Waals surface area contributed by atoms with E-state index in [1.807, 2.05) is 11.1 Å². The van der Waals surface area contributed by atoms with Crippen LogP contribution in [0, 0.1) is 11.8 Å². The van der Waals surface area contributed by atoms with Crippen LogP contribution >= 0.6 is 0 Å². The molecule has 100 valence electrons. The number of fused-ring (bicyclic) bond motifs is 2. The first kappa shape index (κ1) is 15.1. The van der Waals surface area contributed by atoms with E-state index in [2.05, 4.69) is 36.5 Å². The zero-order chi connectivity index (χ0) is 11.2. The molecule has 0 spiro atoms. The van der Waals surface area contributed by atoms with Crippen molar-refractivity contribution in [2.45, 2.75) is 32.9 Å². The van der Waals surface area contributed by atoms with Crippen molar-refractivity contribution < 1.29 is 32.6 Å². The zero-order valence-corrected chi connectivity index (χ0v) is 13.3. The van der Waals surface area contributed by atoms with Crippen molar-refractivity contribution in [3.05, 3.63) is 47.6 Å². The van der Waals surface area contributed by atoms with Gasteiger partial charge in [-0.1, -0.05) is 0 Å². The minimum atomic E-state index is -0.261. The SMILES string of the molecule is C1=CC2CC[CH]([Zr+2][CH]3CCC4C=CC=C43)C2=C1.[F-].[F-]. The summed E-state index contributed by atoms with van der Waals surface area (Å²) < 4.78 is 2.12. The molecular formula is C16H18F2Zr. The molecule has 0 N–H and O–H groups in total. The smallest absolute Gasteiger partial charge is 1.00 e. The van der Waals surface area contributed by atoms with Gasteiger partial charge in [-0.25, -0.2) is 0 Å². The van der Waals surface area contributed by atoms with E-state index in [0.717, 1.165) is 19.1 Å². The van der Waals surface area contributed by atoms with Crippen LogP contribution in [0.25, 0.3) is 0 Å². The molecule has 0 aliphatic heterocycles. The molecule has 2 fully saturated rings. The van der Waals surface area contributed by atoms with Crippen LogP contribution < -0.4 is 9.41 Å². The molecule has 19 heavy (non-hydrogen) atoms. The first-order chi connectivity index (χ1) is 8.42. The van der Waals surface area contributed by atoms with Crippen LogP contribution in [-0.4, -0.2) is 0 Å². The van der Waals surface area contributed by atoms with Crippen molar-refractivity contribution in [3.63, 3.8) is 0 Å². The molecule has 4 unspecified atom stereocenters. The summed E-state index contributed by atoms with van der Waals surface area (Å²) in [6.45, 7) is 0. The molecule has 4 rings (SSSR count). The second-order valence-corrected chi connectivity index (χ2v) is 9.99. The Morgan fingerprint density at radius 1 is 0.737 bits per heavy atom. The van der Waals surface area contributed by atoms with Gasteiger partial charge in [0.25, 0.3) is 0 Å². The monoisotopic (exact) mass is 338 g/mol. The number of hydrogen-bond acceptors (Lipinski definition) is 0. The quantitative estimate of drug-likeness (QED) is 0.573. The molecule has 4 atom stereocenters. The predicted octanol–water partition coefficient (Wildman–Crippen LogP) is -1.53. The number of rotatable bonds is 2. The van der Waals surface area contributed by atoms with E-state index in [4.69, 9.17) is 0 Å². The number of halogens is 2. The average molecular weight is 340 g/mol. The first-order valence-corrected chi connectivity index (χ1v) is 9.78. The van der Waals surface area contributed by atoms with Crippen molar-refractivity contribution in [2.75, 3.05) is 0 Å². The molecule has 0 heterocycles. The number of allylic oxidation sites excluding steroid dienone is 8. The van der Waals surface area contributed by atoms with E-state index in [1.165, 1.54) is 25.7 Å². The average Bonchev–Trinajstić information content (AvgIpc) is 3.03. The van der Waals surface area contributed by atoms with E-state index in [0.29, 0.717) is 0 Å². The van der Waals surface area contributed by atoms with E-state index in [9.17, 15) is 0 Å². The fourth-order valence-electron chi connectivity index (χ4n) is 3.97. The summed E-state index contributed by atoms with van der Waals surface area (Å²) in [4.78, 5) is 0. The van der Waals surface area contributed by atoms with Crippen LogP contribution in [0.5, 0.6) is 0 Å². The van der Waals surface area contributed by atoms with Gasteiger partial charge in [0.2, 0.25) is 0 Å². The van der Waals surface area contributed by atoms with Crippen LogP contribution in [0.1, 0.15) is 25.7 Å². The Hall–Kier alpha value is -0.297. The normalized spacial score (nSPS) is 36.8. The van der Waals surface area contributed by atoms with E-state index < -0.39 is 0 Å². The molecule has 2 saturated carbocycles. The van der Waals surface area contributed by atoms with Crippen molar-refractivity contribution in [3.8, 4) is 0 Å². The van der Waals surface area contributed by atoms with E-state index >= 15 is 0 Å². The first-order valence-electron chi connectivity index (χ1n) is 6.94. The van der Waals surface area contributed by atoms with Crippen LogP contribution in [-0.2, 0) is 23.2 Å². The topological polar surface area (TPSA) is 0 Å². The fraction of sp³-hybridized carbons (Fsp3) is 0.500. The van der Waals surface area contributed by atoms with Crippen molar-refractivity contribution in [1.29, 1.82) is 0 Å². The largest absolute Gasteiger partial charge is 1.00 e. The summed E-state index contributed by atoms with van der Waals surface area (Å²) >= 11 is -0.261. The third-order valence-electron chi connectivity index (χ3n) is 4.86. The van der Waals surface area contributed by atoms with Gasteiger partial charge >= 0.3 is 116 Å². The maximum absolute atomic E-state index is 2.44. The number of hydrogen-bond donors (Lipinski definition) is 0. The van der Waals surface area contributed by atoms with Crippen LogP contribution in [0.4, 0.5) is 0 Å². The minimum absolute atomic E-state index is 0. The van der Waals surface area contributed by atoms with Crippen molar-refractivity contribution in [2.24, 2.45) is 11.8 Å². The molecule has 0 aromatic carbocycles. The molecule has 3 heteroatoms. The van der Waals surface area contributed by atoms with Gasteiger partial charge in [0.1, 0.15) is 0 Å². The molecule has 0 amide bonds. The van der Waals surface area contributed by atoms with E-state index in [-0.39, 0.29) is 32.6 Å². The molecule has 0 radical (unpaired) electrons. The molecule has 0 saturated heterocycles. The van der Waals surface area contributed by atoms with Gasteiger partial charge in [-0.15, -0.1) is 0 Å². The maximum atomic E-state index is 2.44. The van der Waals surface area contributed by atoms with Gasteiger partial charge < -0.3 is 9.41 Å². The van der Waals surface area contributed by atoms with Crippen LogP contribution in [0.3, 0.4) is 0 Å². The van der Waals surface area contributed by atoms with Crippen LogP contribution in [0.15, 0.2) is 47.6 Å². The third kappa shape index (κ3) is 2.51. The molecule has 4 aliphatic rings. The maximum Gasteiger partial charge on any atom is -1.00 e. The molecule has 0 aromatic rings. The Morgan fingerprint density at radius 3 is 1.68 bits per heavy atom. The Morgan fingerprint density at radius 2 is 1.21 bits per heavy atom. The van der Waals surface area contributed by atoms with Gasteiger partial charge in [0.05, 0.1) is 0 Å². The second-order valence-electron chi connectivity index (χ2n) is 5.74. The van der Waals surface area contributed by atoms with Crippen molar-refractivity contribution >= 4 is 0 Å². The Labute approximate surface area is 125 Å². The zero-order valence-electron chi connectivity index (χ0n) is 10.9. The molecule has 0 nitrogen and oxygen atoms in total. The summed E-state index contributed by atoms with van der Waals surface area (Å²) in [7, 11) is 0. The Kier molecular flexibility index (Phi) is 4.76. The summed E-state index contributed by atoms with van der Waals surface area (Å²) in [5, 5.41) is 0. The summed E-state index contributed by atoms with van der Waals surface area (Å²) in [6.07, 6.45) is 20.3. The summed E-state index contributed by atoms with van der Waals surface area (Å²) in [5.74, 6) is 1.71. The van der Waals surface area contributed by atoms with Gasteiger partial charge in [-0.3, -0.25) is 0 Å². The van der Waals surface area contributed by atoms with Gasteiger partial charge in [0, 0.05) is 0 Å². The van der Waals surface area contributed by atoms with Crippen molar-refractivity contribution in [1.82, 2.24) is 0 Å². The summed E-state index contributed by atoms with van der Waals surface area (Å²) in [6, 6.07) is 0. The predicted molar refractivity (Wildman–Crippen MR) is 67.4 cm³/mol. The Balaban J connectivity index is 0.000000667. The minimum Gasteiger partial charge on any atom is -1.00 e. The Bertz CT molecular complexity index is 419. The second kappa shape index (κ2) is 5.99. The van der Waals surface area contributed by atoms with Gasteiger partial charge in [-0.2, -0.15) is 0 Å². The summed E-state index contributed by atoms with van der Waals surface area (Å²) in [5.41, 5.74) is 3.65. The molecule has 0 aromatic heterocycles. The molecular weight excluding hydrogens is 321 g/mol. The fourth-order valence-corrected chi connectivity index (χ4v) is 9.28. The molecule has 0 bridgehead atoms. The van der Waals surface area contributed by atoms with E-state index in [1.54, 1.807) is 0 Å². The van der Waals surface area contributed by atoms with Gasteiger partial charge in [0.15, 0.2) is 0 Å².